The van der Waals surface area contributed by atoms with Crippen LogP contribution in [0.15, 0.2) is 52.9 Å². The molecule has 0 atom stereocenters. The largest absolute Gasteiger partial charge is 0.339 e. The summed E-state index contributed by atoms with van der Waals surface area (Å²) >= 11 is 3.38. The molecule has 1 aliphatic heterocycles. The molecule has 1 aromatic carbocycles. The Hall–Kier alpha value is -2.71. The summed E-state index contributed by atoms with van der Waals surface area (Å²) in [6, 6.07) is 11.5. The minimum atomic E-state index is -0.102. The zero-order valence-electron chi connectivity index (χ0n) is 18.2. The van der Waals surface area contributed by atoms with Crippen molar-refractivity contribution >= 4 is 40.7 Å². The summed E-state index contributed by atoms with van der Waals surface area (Å²) in [7, 11) is 0. The van der Waals surface area contributed by atoms with E-state index in [4.69, 9.17) is 0 Å². The predicted molar refractivity (Wildman–Crippen MR) is 129 cm³/mol. The van der Waals surface area contributed by atoms with E-state index in [0.29, 0.717) is 37.3 Å². The van der Waals surface area contributed by atoms with E-state index < -0.39 is 0 Å². The molecule has 0 spiro atoms. The molecule has 2 amide bonds. The lowest BCUT2D eigenvalue weighted by Crippen LogP contribution is -2.41. The van der Waals surface area contributed by atoms with Crippen LogP contribution in [0, 0.1) is 19.8 Å². The zero-order valence-corrected chi connectivity index (χ0v) is 19.8. The summed E-state index contributed by atoms with van der Waals surface area (Å²) in [5.74, 6) is 1.30. The van der Waals surface area contributed by atoms with Crippen molar-refractivity contribution < 1.29 is 9.59 Å². The molecule has 3 heterocycles. The van der Waals surface area contributed by atoms with Crippen LogP contribution in [0.5, 0.6) is 0 Å². The Balaban J connectivity index is 1.26. The Labute approximate surface area is 196 Å². The fourth-order valence-electron chi connectivity index (χ4n) is 3.62. The molecule has 4 rings (SSSR count). The van der Waals surface area contributed by atoms with E-state index in [0.717, 1.165) is 26.9 Å². The molecular formula is C24H26N4O2S2. The zero-order chi connectivity index (χ0) is 22.5. The number of pyridine rings is 1. The summed E-state index contributed by atoms with van der Waals surface area (Å²) < 4.78 is 0. The first kappa shape index (κ1) is 22.5. The van der Waals surface area contributed by atoms with Gasteiger partial charge in [0.25, 0.3) is 5.91 Å². The van der Waals surface area contributed by atoms with Gasteiger partial charge in [-0.25, -0.2) is 9.97 Å². The van der Waals surface area contributed by atoms with Crippen LogP contribution in [0.1, 0.15) is 39.5 Å². The Kier molecular flexibility index (Phi) is 7.22. The lowest BCUT2D eigenvalue weighted by Gasteiger charge is -2.31. The number of likely N-dealkylation sites (tertiary alicyclic amines) is 1. The first-order valence-corrected chi connectivity index (χ1v) is 12.5. The van der Waals surface area contributed by atoms with Gasteiger partial charge in [0.15, 0.2) is 0 Å². The van der Waals surface area contributed by atoms with Crippen LogP contribution >= 0.6 is 23.1 Å². The maximum absolute atomic E-state index is 12.9. The first-order chi connectivity index (χ1) is 15.5. The van der Waals surface area contributed by atoms with E-state index >= 15 is 0 Å². The standard InChI is InChI=1S/C24H26N4O2S2/c1-16-3-8-22(25-13-16)27-23(29)18-9-11-28(12-10-18)24(30)19-4-6-21(7-5-19)32-15-20-14-31-17(2)26-20/h3-8,13-14,18H,9-12,15H2,1-2H3,(H,25,27,29). The van der Waals surface area contributed by atoms with Crippen LogP contribution < -0.4 is 5.32 Å². The Morgan fingerprint density at radius 3 is 2.50 bits per heavy atom. The lowest BCUT2D eigenvalue weighted by molar-refractivity contribution is -0.121. The number of thiazole rings is 1. The molecule has 0 radical (unpaired) electrons. The number of aromatic nitrogens is 2. The van der Waals surface area contributed by atoms with Gasteiger partial charge in [0.2, 0.25) is 5.91 Å². The molecule has 0 bridgehead atoms. The van der Waals surface area contributed by atoms with Gasteiger partial charge in [-0.2, -0.15) is 0 Å². The number of hydrogen-bond acceptors (Lipinski definition) is 6. The van der Waals surface area contributed by atoms with Gasteiger partial charge in [-0.1, -0.05) is 6.07 Å². The minimum absolute atomic E-state index is 0.0230. The van der Waals surface area contributed by atoms with Crippen molar-refractivity contribution in [2.45, 2.75) is 37.3 Å². The third kappa shape index (κ3) is 5.75. The average molecular weight is 467 g/mol. The second kappa shape index (κ2) is 10.3. The van der Waals surface area contributed by atoms with E-state index in [2.05, 4.69) is 20.7 Å². The number of nitrogens with one attached hydrogen (secondary N) is 1. The second-order valence-electron chi connectivity index (χ2n) is 7.95. The number of thioether (sulfide) groups is 1. The second-order valence-corrected chi connectivity index (χ2v) is 10.1. The van der Waals surface area contributed by atoms with Gasteiger partial charge < -0.3 is 10.2 Å². The van der Waals surface area contributed by atoms with Crippen LogP contribution in [0.4, 0.5) is 5.82 Å². The monoisotopic (exact) mass is 466 g/mol. The molecule has 32 heavy (non-hydrogen) atoms. The van der Waals surface area contributed by atoms with Gasteiger partial charge in [0.1, 0.15) is 5.82 Å². The van der Waals surface area contributed by atoms with Gasteiger partial charge in [-0.3, -0.25) is 9.59 Å². The molecule has 0 saturated carbocycles. The number of hydrogen-bond donors (Lipinski definition) is 1. The number of amides is 2. The summed E-state index contributed by atoms with van der Waals surface area (Å²) in [6.45, 7) is 5.13. The minimum Gasteiger partial charge on any atom is -0.339 e. The van der Waals surface area contributed by atoms with Crippen LogP contribution in [0.2, 0.25) is 0 Å². The number of benzene rings is 1. The van der Waals surface area contributed by atoms with Gasteiger partial charge in [-0.15, -0.1) is 23.1 Å². The maximum Gasteiger partial charge on any atom is 0.253 e. The Morgan fingerprint density at radius 1 is 1.12 bits per heavy atom. The van der Waals surface area contributed by atoms with Gasteiger partial charge in [-0.05, 0) is 62.6 Å². The van der Waals surface area contributed by atoms with Crippen molar-refractivity contribution in [1.29, 1.82) is 0 Å². The highest BCUT2D eigenvalue weighted by molar-refractivity contribution is 7.98. The molecule has 0 unspecified atom stereocenters. The Bertz CT molecular complexity index is 1070. The van der Waals surface area contributed by atoms with Crippen LogP contribution in [-0.2, 0) is 10.5 Å². The maximum atomic E-state index is 12.9. The smallest absolute Gasteiger partial charge is 0.253 e. The summed E-state index contributed by atoms with van der Waals surface area (Å²) in [6.07, 6.45) is 3.05. The number of aryl methyl sites for hydroxylation is 2. The number of nitrogens with zero attached hydrogens (tertiary/aromatic N) is 3. The molecule has 166 valence electrons. The Morgan fingerprint density at radius 2 is 1.88 bits per heavy atom. The normalized spacial score (nSPS) is 14.4. The van der Waals surface area contributed by atoms with Gasteiger partial charge in [0.05, 0.1) is 10.7 Å². The topological polar surface area (TPSA) is 75.2 Å². The molecule has 0 aliphatic carbocycles. The highest BCUT2D eigenvalue weighted by atomic mass is 32.2. The predicted octanol–water partition coefficient (Wildman–Crippen LogP) is 4.94. The van der Waals surface area contributed by atoms with Crippen molar-refractivity contribution in [3.63, 3.8) is 0 Å². The van der Waals surface area contributed by atoms with Gasteiger partial charge >= 0.3 is 0 Å². The van der Waals surface area contributed by atoms with E-state index in [-0.39, 0.29) is 17.7 Å². The molecule has 6 nitrogen and oxygen atoms in total. The van der Waals surface area contributed by atoms with Crippen molar-refractivity contribution in [3.05, 3.63) is 69.8 Å². The number of carbonyl (C=O) groups excluding carboxylic acids is 2. The third-order valence-corrected chi connectivity index (χ3v) is 7.34. The van der Waals surface area contributed by atoms with E-state index in [1.54, 1.807) is 29.3 Å². The van der Waals surface area contributed by atoms with Crippen LogP contribution in [-0.4, -0.2) is 39.8 Å². The fraction of sp³-hybridized carbons (Fsp3) is 0.333. The number of rotatable bonds is 6. The van der Waals surface area contributed by atoms with Crippen molar-refractivity contribution in [1.82, 2.24) is 14.9 Å². The van der Waals surface area contributed by atoms with E-state index in [1.165, 1.54) is 0 Å². The molecule has 2 aromatic heterocycles. The molecule has 1 aliphatic rings. The van der Waals surface area contributed by atoms with Crippen molar-refractivity contribution in [2.75, 3.05) is 18.4 Å². The SMILES string of the molecule is Cc1ccc(NC(=O)C2CCN(C(=O)c3ccc(SCc4csc(C)n4)cc3)CC2)nc1. The van der Waals surface area contributed by atoms with E-state index in [1.807, 2.05) is 55.1 Å². The number of piperidine rings is 1. The van der Waals surface area contributed by atoms with Crippen molar-refractivity contribution in [2.24, 2.45) is 5.92 Å². The average Bonchev–Trinajstić information content (AvgIpc) is 3.24. The molecular weight excluding hydrogens is 440 g/mol. The number of anilines is 1. The fourth-order valence-corrected chi connectivity index (χ4v) is 5.13. The van der Waals surface area contributed by atoms with Crippen LogP contribution in [0.25, 0.3) is 0 Å². The first-order valence-electron chi connectivity index (χ1n) is 10.6. The summed E-state index contributed by atoms with van der Waals surface area (Å²) in [4.78, 5) is 37.1. The quantitative estimate of drug-likeness (QED) is 0.521. The van der Waals surface area contributed by atoms with Crippen LogP contribution in [0.3, 0.4) is 0 Å². The molecule has 1 fully saturated rings. The highest BCUT2D eigenvalue weighted by Crippen LogP contribution is 2.25. The summed E-state index contributed by atoms with van der Waals surface area (Å²) in [5, 5.41) is 6.05. The molecule has 1 saturated heterocycles. The van der Waals surface area contributed by atoms with Crippen molar-refractivity contribution in [3.8, 4) is 0 Å². The highest BCUT2D eigenvalue weighted by Gasteiger charge is 2.28. The van der Waals surface area contributed by atoms with Gasteiger partial charge in [0, 0.05) is 46.8 Å². The number of carbonyl (C=O) groups is 2. The summed E-state index contributed by atoms with van der Waals surface area (Å²) in [5.41, 5.74) is 2.82. The lowest BCUT2D eigenvalue weighted by atomic mass is 9.95. The molecule has 8 heteroatoms. The molecule has 3 aromatic rings. The third-order valence-electron chi connectivity index (χ3n) is 5.47. The molecule has 1 N–H and O–H groups in total. The van der Waals surface area contributed by atoms with E-state index in [9.17, 15) is 9.59 Å².